The second-order valence-electron chi connectivity index (χ2n) is 10.0. The SMILES string of the molecule is N#CCC1(N2CC(CNC3CC3c3ccccc3)C2)CCN(C(=O)Nc2ccc(F)cc2)CC1. The molecule has 0 spiro atoms. The smallest absolute Gasteiger partial charge is 0.321 e. The Morgan fingerprint density at radius 2 is 1.79 bits per heavy atom. The van der Waals surface area contributed by atoms with Crippen molar-refractivity contribution in [2.24, 2.45) is 5.92 Å². The average Bonchev–Trinajstić information content (AvgIpc) is 3.60. The number of halogens is 1. The Hall–Kier alpha value is -2.95. The number of nitriles is 1. The van der Waals surface area contributed by atoms with Gasteiger partial charge in [0.05, 0.1) is 12.5 Å². The maximum atomic E-state index is 13.1. The molecule has 178 valence electrons. The van der Waals surface area contributed by atoms with Gasteiger partial charge in [-0.2, -0.15) is 5.26 Å². The number of piperidine rings is 1. The van der Waals surface area contributed by atoms with Gasteiger partial charge >= 0.3 is 6.03 Å². The molecule has 2 atom stereocenters. The van der Waals surface area contributed by atoms with Gasteiger partial charge in [0.25, 0.3) is 0 Å². The summed E-state index contributed by atoms with van der Waals surface area (Å²) < 4.78 is 13.1. The van der Waals surface area contributed by atoms with Crippen molar-refractivity contribution in [1.82, 2.24) is 15.1 Å². The van der Waals surface area contributed by atoms with Crippen LogP contribution in [0.25, 0.3) is 0 Å². The van der Waals surface area contributed by atoms with Gasteiger partial charge in [-0.15, -0.1) is 0 Å². The van der Waals surface area contributed by atoms with Crippen molar-refractivity contribution in [3.8, 4) is 6.07 Å². The number of rotatable bonds is 7. The van der Waals surface area contributed by atoms with Crippen LogP contribution < -0.4 is 10.6 Å². The number of likely N-dealkylation sites (tertiary alicyclic amines) is 2. The minimum atomic E-state index is -0.326. The van der Waals surface area contributed by atoms with Gasteiger partial charge in [-0.1, -0.05) is 30.3 Å². The Kier molecular flexibility index (Phi) is 6.53. The zero-order valence-electron chi connectivity index (χ0n) is 19.4. The lowest BCUT2D eigenvalue weighted by Crippen LogP contribution is -2.65. The Morgan fingerprint density at radius 3 is 2.47 bits per heavy atom. The maximum absolute atomic E-state index is 13.1. The van der Waals surface area contributed by atoms with E-state index in [4.69, 9.17) is 0 Å². The predicted octanol–water partition coefficient (Wildman–Crippen LogP) is 4.18. The van der Waals surface area contributed by atoms with Crippen LogP contribution in [0.15, 0.2) is 54.6 Å². The quantitative estimate of drug-likeness (QED) is 0.649. The first-order valence-corrected chi connectivity index (χ1v) is 12.3. The number of carbonyl (C=O) groups is 1. The summed E-state index contributed by atoms with van der Waals surface area (Å²) in [5.41, 5.74) is 1.88. The molecule has 2 aromatic carbocycles. The monoisotopic (exact) mass is 461 g/mol. The maximum Gasteiger partial charge on any atom is 0.321 e. The number of urea groups is 1. The Labute approximate surface area is 200 Å². The van der Waals surface area contributed by atoms with Crippen molar-refractivity contribution in [3.05, 3.63) is 66.0 Å². The molecule has 2 aliphatic heterocycles. The fraction of sp³-hybridized carbons (Fsp3) is 0.481. The summed E-state index contributed by atoms with van der Waals surface area (Å²) in [6.07, 6.45) is 3.32. The molecule has 7 heteroatoms. The van der Waals surface area contributed by atoms with E-state index in [1.807, 2.05) is 0 Å². The van der Waals surface area contributed by atoms with E-state index in [9.17, 15) is 14.4 Å². The van der Waals surface area contributed by atoms with E-state index in [-0.39, 0.29) is 17.4 Å². The van der Waals surface area contributed by atoms with E-state index in [1.54, 1.807) is 17.0 Å². The Morgan fingerprint density at radius 1 is 1.09 bits per heavy atom. The summed E-state index contributed by atoms with van der Waals surface area (Å²) in [4.78, 5) is 16.9. The summed E-state index contributed by atoms with van der Waals surface area (Å²) >= 11 is 0. The molecule has 0 bridgehead atoms. The number of amides is 2. The molecule has 1 aliphatic carbocycles. The van der Waals surface area contributed by atoms with Crippen LogP contribution in [0.3, 0.4) is 0 Å². The molecule has 2 unspecified atom stereocenters. The number of nitrogens with one attached hydrogen (secondary N) is 2. The average molecular weight is 462 g/mol. The molecule has 2 saturated heterocycles. The van der Waals surface area contributed by atoms with Gasteiger partial charge in [-0.3, -0.25) is 4.90 Å². The summed E-state index contributed by atoms with van der Waals surface area (Å²) in [5.74, 6) is 0.938. The highest BCUT2D eigenvalue weighted by atomic mass is 19.1. The fourth-order valence-corrected chi connectivity index (χ4v) is 5.51. The lowest BCUT2D eigenvalue weighted by molar-refractivity contribution is -0.0425. The molecular weight excluding hydrogens is 429 g/mol. The van der Waals surface area contributed by atoms with Crippen LogP contribution >= 0.6 is 0 Å². The molecule has 2 heterocycles. The summed E-state index contributed by atoms with van der Waals surface area (Å²) in [6.45, 7) is 4.29. The number of carbonyl (C=O) groups excluding carboxylic acids is 1. The van der Waals surface area contributed by atoms with Crippen molar-refractivity contribution >= 4 is 11.7 Å². The minimum absolute atomic E-state index is 0.135. The third-order valence-electron chi connectivity index (χ3n) is 7.80. The third-order valence-corrected chi connectivity index (χ3v) is 7.80. The number of benzene rings is 2. The fourth-order valence-electron chi connectivity index (χ4n) is 5.51. The molecule has 2 N–H and O–H groups in total. The van der Waals surface area contributed by atoms with Crippen molar-refractivity contribution in [2.75, 3.05) is 38.0 Å². The molecule has 34 heavy (non-hydrogen) atoms. The van der Waals surface area contributed by atoms with Crippen LogP contribution in [-0.4, -0.2) is 60.1 Å². The van der Waals surface area contributed by atoms with Gasteiger partial charge in [0, 0.05) is 55.9 Å². The van der Waals surface area contributed by atoms with Gasteiger partial charge in [0.2, 0.25) is 0 Å². The van der Waals surface area contributed by atoms with Gasteiger partial charge < -0.3 is 15.5 Å². The highest BCUT2D eigenvalue weighted by Gasteiger charge is 2.46. The first-order valence-electron chi connectivity index (χ1n) is 12.3. The lowest BCUT2D eigenvalue weighted by Gasteiger charge is -2.54. The van der Waals surface area contributed by atoms with E-state index in [2.05, 4.69) is 51.9 Å². The largest absolute Gasteiger partial charge is 0.324 e. The topological polar surface area (TPSA) is 71.4 Å². The summed E-state index contributed by atoms with van der Waals surface area (Å²) in [7, 11) is 0. The number of hydrogen-bond donors (Lipinski definition) is 2. The Bertz CT molecular complexity index is 1020. The van der Waals surface area contributed by atoms with Gasteiger partial charge in [0.15, 0.2) is 0 Å². The predicted molar refractivity (Wildman–Crippen MR) is 130 cm³/mol. The second kappa shape index (κ2) is 9.73. The van der Waals surface area contributed by atoms with Crippen molar-refractivity contribution in [1.29, 1.82) is 5.26 Å². The first kappa shape index (κ1) is 22.8. The summed E-state index contributed by atoms with van der Waals surface area (Å²) in [6, 6.07) is 19.4. The molecule has 6 nitrogen and oxygen atoms in total. The highest BCUT2D eigenvalue weighted by molar-refractivity contribution is 5.89. The van der Waals surface area contributed by atoms with Crippen molar-refractivity contribution < 1.29 is 9.18 Å². The van der Waals surface area contributed by atoms with E-state index in [1.165, 1.54) is 24.1 Å². The van der Waals surface area contributed by atoms with Crippen LogP contribution in [0.4, 0.5) is 14.9 Å². The standard InChI is InChI=1S/C27H32FN5O/c28-22-6-8-23(9-7-22)31-26(34)32-14-11-27(10-13-29,12-15-32)33-18-20(19-33)17-30-25-16-24(25)21-4-2-1-3-5-21/h1-9,20,24-25,30H,10-12,14-19H2,(H,31,34). The van der Waals surface area contributed by atoms with Gasteiger partial charge in [-0.25, -0.2) is 9.18 Å². The zero-order valence-corrected chi connectivity index (χ0v) is 19.4. The molecule has 2 aromatic rings. The second-order valence-corrected chi connectivity index (χ2v) is 10.0. The van der Waals surface area contributed by atoms with E-state index < -0.39 is 0 Å². The zero-order chi connectivity index (χ0) is 23.5. The van der Waals surface area contributed by atoms with E-state index >= 15 is 0 Å². The molecule has 5 rings (SSSR count). The van der Waals surface area contributed by atoms with Gasteiger partial charge in [0.1, 0.15) is 5.82 Å². The lowest BCUT2D eigenvalue weighted by atomic mass is 9.79. The van der Waals surface area contributed by atoms with Crippen LogP contribution in [0.2, 0.25) is 0 Å². The first-order chi connectivity index (χ1) is 16.6. The normalized spacial score (nSPS) is 24.2. The number of nitrogens with zero attached hydrogens (tertiary/aromatic N) is 3. The van der Waals surface area contributed by atoms with E-state index in [0.717, 1.165) is 32.5 Å². The van der Waals surface area contributed by atoms with Crippen LogP contribution in [0.5, 0.6) is 0 Å². The highest BCUT2D eigenvalue weighted by Crippen LogP contribution is 2.41. The van der Waals surface area contributed by atoms with Gasteiger partial charge in [-0.05, 0) is 55.0 Å². The van der Waals surface area contributed by atoms with Crippen molar-refractivity contribution in [2.45, 2.75) is 43.2 Å². The third kappa shape index (κ3) is 4.94. The van der Waals surface area contributed by atoms with E-state index in [0.29, 0.717) is 43.1 Å². The molecule has 3 fully saturated rings. The number of anilines is 1. The molecular formula is C27H32FN5O. The van der Waals surface area contributed by atoms with Crippen molar-refractivity contribution in [3.63, 3.8) is 0 Å². The molecule has 3 aliphatic rings. The molecule has 1 saturated carbocycles. The molecule has 2 amide bonds. The van der Waals surface area contributed by atoms with Crippen LogP contribution in [0.1, 0.15) is 37.2 Å². The molecule has 0 aromatic heterocycles. The minimum Gasteiger partial charge on any atom is -0.324 e. The number of hydrogen-bond acceptors (Lipinski definition) is 4. The molecule has 0 radical (unpaired) electrons. The van der Waals surface area contributed by atoms with Crippen LogP contribution in [-0.2, 0) is 0 Å². The van der Waals surface area contributed by atoms with Crippen LogP contribution in [0, 0.1) is 23.1 Å². The Balaban J connectivity index is 1.07. The summed E-state index contributed by atoms with van der Waals surface area (Å²) in [5, 5.41) is 16.1.